The van der Waals surface area contributed by atoms with E-state index >= 15 is 0 Å². The predicted octanol–water partition coefficient (Wildman–Crippen LogP) is 1.93. The zero-order valence-electron chi connectivity index (χ0n) is 15.2. The van der Waals surface area contributed by atoms with Crippen molar-refractivity contribution in [1.29, 1.82) is 0 Å². The van der Waals surface area contributed by atoms with Crippen molar-refractivity contribution in [3.63, 3.8) is 0 Å². The summed E-state index contributed by atoms with van der Waals surface area (Å²) in [6, 6.07) is 0. The molecule has 1 saturated heterocycles. The molecule has 1 heterocycles. The minimum Gasteiger partial charge on any atom is -0.466 e. The molecule has 0 saturated carbocycles. The minimum atomic E-state index is -0.577. The average molecular weight is 358 g/mol. The monoisotopic (exact) mass is 358 g/mol. The summed E-state index contributed by atoms with van der Waals surface area (Å²) in [4.78, 5) is 34.6. The largest absolute Gasteiger partial charge is 0.466 e. The first-order valence-corrected chi connectivity index (χ1v) is 9.13. The van der Waals surface area contributed by atoms with Crippen molar-refractivity contribution < 1.29 is 33.7 Å². The maximum atomic E-state index is 12.0. The molecule has 0 aromatic carbocycles. The van der Waals surface area contributed by atoms with E-state index < -0.39 is 12.2 Å². The highest BCUT2D eigenvalue weighted by molar-refractivity contribution is 5.86. The zero-order chi connectivity index (χ0) is 18.7. The molecular weight excluding hydrogens is 328 g/mol. The molecule has 1 fully saturated rings. The Bertz CT molecular complexity index is 435. The van der Waals surface area contributed by atoms with Crippen LogP contribution in [0.3, 0.4) is 0 Å². The number of carbonyl (C=O) groups excluding carboxylic acids is 3. The van der Waals surface area contributed by atoms with Gasteiger partial charge < -0.3 is 19.3 Å². The summed E-state index contributed by atoms with van der Waals surface area (Å²) in [5.41, 5.74) is 0. The van der Waals surface area contributed by atoms with E-state index in [1.54, 1.807) is 13.8 Å². The molecule has 0 aromatic heterocycles. The number of ketones is 1. The topological polar surface area (TPSA) is 99.1 Å². The molecule has 25 heavy (non-hydrogen) atoms. The Hall–Kier alpha value is -1.47. The van der Waals surface area contributed by atoms with Crippen LogP contribution in [0.15, 0.2) is 0 Å². The Balaban J connectivity index is 2.18. The first kappa shape index (κ1) is 21.6. The summed E-state index contributed by atoms with van der Waals surface area (Å²) >= 11 is 0. The van der Waals surface area contributed by atoms with Crippen molar-refractivity contribution in [3.8, 4) is 0 Å². The predicted molar refractivity (Wildman–Crippen MR) is 89.9 cm³/mol. The molecule has 0 aliphatic carbocycles. The number of hydrogen-bond donors (Lipinski definition) is 1. The normalized spacial score (nSPS) is 20.9. The van der Waals surface area contributed by atoms with Gasteiger partial charge in [0.2, 0.25) is 0 Å². The number of Topliss-reactive ketones (excluding diaryl/α,β-unsaturated/α-hetero) is 1. The standard InChI is InChI=1S/C18H30O7/c1-3-23-17(21)11-6-13(19)5-7-14-8-10-16(25-14)15(20)9-12-18(22)24-4-2/h13-14,16,19H,3-12H2,1-2H3. The molecule has 1 rings (SSSR count). The lowest BCUT2D eigenvalue weighted by Gasteiger charge is -2.15. The average Bonchev–Trinajstić information content (AvgIpc) is 3.05. The van der Waals surface area contributed by atoms with Crippen molar-refractivity contribution in [3.05, 3.63) is 0 Å². The molecule has 3 atom stereocenters. The van der Waals surface area contributed by atoms with E-state index in [1.165, 1.54) is 0 Å². The van der Waals surface area contributed by atoms with E-state index in [0.29, 0.717) is 38.9 Å². The number of aliphatic hydroxyl groups is 1. The van der Waals surface area contributed by atoms with Crippen LogP contribution in [-0.4, -0.2) is 54.4 Å². The molecule has 7 heteroatoms. The van der Waals surface area contributed by atoms with Crippen molar-refractivity contribution in [1.82, 2.24) is 0 Å². The molecule has 0 spiro atoms. The molecule has 144 valence electrons. The van der Waals surface area contributed by atoms with Gasteiger partial charge in [0.1, 0.15) is 6.10 Å². The molecule has 0 amide bonds. The quantitative estimate of drug-likeness (QED) is 0.532. The highest BCUT2D eigenvalue weighted by Crippen LogP contribution is 2.25. The van der Waals surface area contributed by atoms with Crippen LogP contribution in [0.5, 0.6) is 0 Å². The van der Waals surface area contributed by atoms with Crippen LogP contribution >= 0.6 is 0 Å². The smallest absolute Gasteiger partial charge is 0.306 e. The van der Waals surface area contributed by atoms with Gasteiger partial charge in [0.25, 0.3) is 0 Å². The molecule has 1 aliphatic rings. The first-order valence-electron chi connectivity index (χ1n) is 9.13. The molecule has 1 aliphatic heterocycles. The van der Waals surface area contributed by atoms with Gasteiger partial charge in [-0.25, -0.2) is 0 Å². The van der Waals surface area contributed by atoms with E-state index in [0.717, 1.165) is 6.42 Å². The van der Waals surface area contributed by atoms with Crippen molar-refractivity contribution >= 4 is 17.7 Å². The molecular formula is C18H30O7. The number of esters is 2. The fraction of sp³-hybridized carbons (Fsp3) is 0.833. The van der Waals surface area contributed by atoms with Gasteiger partial charge in [0.05, 0.1) is 31.8 Å². The van der Waals surface area contributed by atoms with Crippen molar-refractivity contribution in [2.24, 2.45) is 0 Å². The molecule has 1 N–H and O–H groups in total. The van der Waals surface area contributed by atoms with E-state index in [4.69, 9.17) is 14.2 Å². The second-order valence-corrected chi connectivity index (χ2v) is 6.17. The summed E-state index contributed by atoms with van der Waals surface area (Å²) in [7, 11) is 0. The van der Waals surface area contributed by atoms with Crippen molar-refractivity contribution in [2.45, 2.75) is 83.5 Å². The number of rotatable bonds is 12. The maximum absolute atomic E-state index is 12.0. The number of aliphatic hydroxyl groups excluding tert-OH is 1. The Labute approximate surface area is 149 Å². The van der Waals surface area contributed by atoms with E-state index in [-0.39, 0.29) is 43.1 Å². The molecule has 0 radical (unpaired) electrons. The number of hydrogen-bond acceptors (Lipinski definition) is 7. The highest BCUT2D eigenvalue weighted by Gasteiger charge is 2.30. The van der Waals surface area contributed by atoms with Crippen LogP contribution in [0.2, 0.25) is 0 Å². The van der Waals surface area contributed by atoms with Crippen LogP contribution in [0.25, 0.3) is 0 Å². The summed E-state index contributed by atoms with van der Waals surface area (Å²) in [5.74, 6) is -0.737. The molecule has 7 nitrogen and oxygen atoms in total. The van der Waals surface area contributed by atoms with Gasteiger partial charge in [-0.3, -0.25) is 14.4 Å². The van der Waals surface area contributed by atoms with Gasteiger partial charge in [-0.05, 0) is 46.0 Å². The second kappa shape index (κ2) is 12.0. The van der Waals surface area contributed by atoms with Crippen LogP contribution in [-0.2, 0) is 28.6 Å². The zero-order valence-corrected chi connectivity index (χ0v) is 15.2. The van der Waals surface area contributed by atoms with Crippen LogP contribution in [0, 0.1) is 0 Å². The summed E-state index contributed by atoms with van der Waals surface area (Å²) in [6.07, 6.45) is 2.27. The lowest BCUT2D eigenvalue weighted by Crippen LogP contribution is -2.23. The third-order valence-corrected chi connectivity index (χ3v) is 4.16. The van der Waals surface area contributed by atoms with E-state index in [1.807, 2.05) is 0 Å². The lowest BCUT2D eigenvalue weighted by atomic mass is 10.0. The Morgan fingerprint density at radius 2 is 1.64 bits per heavy atom. The Morgan fingerprint density at radius 3 is 2.28 bits per heavy atom. The van der Waals surface area contributed by atoms with Crippen LogP contribution in [0.1, 0.15) is 65.2 Å². The van der Waals surface area contributed by atoms with E-state index in [9.17, 15) is 19.5 Å². The minimum absolute atomic E-state index is 0.0613. The Kier molecular flexibility index (Phi) is 10.3. The number of carbonyl (C=O) groups is 3. The molecule has 0 bridgehead atoms. The van der Waals surface area contributed by atoms with Gasteiger partial charge in [-0.15, -0.1) is 0 Å². The Morgan fingerprint density at radius 1 is 1.00 bits per heavy atom. The van der Waals surface area contributed by atoms with Gasteiger partial charge in [-0.2, -0.15) is 0 Å². The SMILES string of the molecule is CCOC(=O)CCC(=O)C1CCC(CCC(O)CCC(=O)OCC)O1. The summed E-state index contributed by atoms with van der Waals surface area (Å²) in [6.45, 7) is 4.13. The molecule has 0 aromatic rings. The number of ether oxygens (including phenoxy) is 3. The maximum Gasteiger partial charge on any atom is 0.306 e. The van der Waals surface area contributed by atoms with Gasteiger partial charge >= 0.3 is 11.9 Å². The van der Waals surface area contributed by atoms with Gasteiger partial charge in [0.15, 0.2) is 5.78 Å². The van der Waals surface area contributed by atoms with Gasteiger partial charge in [0, 0.05) is 12.8 Å². The highest BCUT2D eigenvalue weighted by atomic mass is 16.5. The van der Waals surface area contributed by atoms with E-state index in [2.05, 4.69) is 0 Å². The third kappa shape index (κ3) is 8.97. The van der Waals surface area contributed by atoms with Crippen molar-refractivity contribution in [2.75, 3.05) is 13.2 Å². The van der Waals surface area contributed by atoms with Crippen LogP contribution < -0.4 is 0 Å². The van der Waals surface area contributed by atoms with Gasteiger partial charge in [-0.1, -0.05) is 0 Å². The summed E-state index contributed by atoms with van der Waals surface area (Å²) in [5, 5.41) is 9.92. The fourth-order valence-electron chi connectivity index (χ4n) is 2.81. The first-order chi connectivity index (χ1) is 12.0. The fourth-order valence-corrected chi connectivity index (χ4v) is 2.81. The molecule has 3 unspecified atom stereocenters. The third-order valence-electron chi connectivity index (χ3n) is 4.16. The second-order valence-electron chi connectivity index (χ2n) is 6.17. The van der Waals surface area contributed by atoms with Crippen LogP contribution in [0.4, 0.5) is 0 Å². The summed E-state index contributed by atoms with van der Waals surface area (Å²) < 4.78 is 15.3. The lowest BCUT2D eigenvalue weighted by molar-refractivity contribution is -0.145.